The number of urea groups is 1. The van der Waals surface area contributed by atoms with Crippen LogP contribution < -0.4 is 15.4 Å². The zero-order valence-corrected chi connectivity index (χ0v) is 11.4. The van der Waals surface area contributed by atoms with Crippen molar-refractivity contribution in [1.82, 2.24) is 0 Å². The lowest BCUT2D eigenvalue weighted by molar-refractivity contribution is 0.262. The predicted octanol–water partition coefficient (Wildman–Crippen LogP) is 2.97. The average Bonchev–Trinajstić information content (AvgIpc) is 2.47. The fourth-order valence-electron chi connectivity index (χ4n) is 1.82. The van der Waals surface area contributed by atoms with Crippen LogP contribution in [0.1, 0.15) is 5.56 Å². The number of para-hydroxylation sites is 1. The Morgan fingerprint density at radius 1 is 1.24 bits per heavy atom. The van der Waals surface area contributed by atoms with Crippen LogP contribution in [-0.4, -0.2) is 18.2 Å². The standard InChI is InChI=1S/C15H15FN2O3/c1-21-13-7-11(16)6-12(8-13)17-15(20)18-14-5-3-2-4-10(14)9-19/h2-8,19H,9H2,1H3,(H2,17,18,20). The molecule has 2 aromatic carbocycles. The minimum absolute atomic E-state index is 0.190. The smallest absolute Gasteiger partial charge is 0.323 e. The van der Waals surface area contributed by atoms with Crippen molar-refractivity contribution in [3.8, 4) is 5.75 Å². The van der Waals surface area contributed by atoms with Crippen molar-refractivity contribution < 1.29 is 19.0 Å². The van der Waals surface area contributed by atoms with Gasteiger partial charge in [0, 0.05) is 29.1 Å². The highest BCUT2D eigenvalue weighted by Gasteiger charge is 2.08. The first-order valence-corrected chi connectivity index (χ1v) is 6.23. The number of nitrogens with one attached hydrogen (secondary N) is 2. The fourth-order valence-corrected chi connectivity index (χ4v) is 1.82. The number of halogens is 1. The first-order valence-electron chi connectivity index (χ1n) is 6.23. The summed E-state index contributed by atoms with van der Waals surface area (Å²) in [6.07, 6.45) is 0. The monoisotopic (exact) mass is 290 g/mol. The maximum atomic E-state index is 13.3. The van der Waals surface area contributed by atoms with E-state index >= 15 is 0 Å². The van der Waals surface area contributed by atoms with Gasteiger partial charge in [-0.3, -0.25) is 0 Å². The fraction of sp³-hybridized carbons (Fsp3) is 0.133. The number of benzene rings is 2. The van der Waals surface area contributed by atoms with Crippen LogP contribution in [0.25, 0.3) is 0 Å². The van der Waals surface area contributed by atoms with E-state index in [1.165, 1.54) is 25.3 Å². The lowest BCUT2D eigenvalue weighted by Gasteiger charge is -2.11. The second-order valence-electron chi connectivity index (χ2n) is 4.27. The topological polar surface area (TPSA) is 70.6 Å². The van der Waals surface area contributed by atoms with Crippen LogP contribution in [0.5, 0.6) is 5.75 Å². The lowest BCUT2D eigenvalue weighted by atomic mass is 10.2. The maximum absolute atomic E-state index is 13.3. The van der Waals surface area contributed by atoms with Crippen molar-refractivity contribution in [2.24, 2.45) is 0 Å². The van der Waals surface area contributed by atoms with Gasteiger partial charge in [-0.05, 0) is 12.1 Å². The van der Waals surface area contributed by atoms with Crippen molar-refractivity contribution in [2.45, 2.75) is 6.61 Å². The molecule has 0 saturated carbocycles. The highest BCUT2D eigenvalue weighted by molar-refractivity contribution is 6.00. The number of anilines is 2. The minimum Gasteiger partial charge on any atom is -0.497 e. The summed E-state index contributed by atoms with van der Waals surface area (Å²) in [6, 6.07) is 10.2. The summed E-state index contributed by atoms with van der Waals surface area (Å²) in [5.41, 5.74) is 1.34. The number of hydrogen-bond donors (Lipinski definition) is 3. The molecule has 110 valence electrons. The molecule has 2 amide bonds. The highest BCUT2D eigenvalue weighted by Crippen LogP contribution is 2.20. The van der Waals surface area contributed by atoms with Crippen molar-refractivity contribution in [3.63, 3.8) is 0 Å². The SMILES string of the molecule is COc1cc(F)cc(NC(=O)Nc2ccccc2CO)c1. The number of hydrogen-bond acceptors (Lipinski definition) is 3. The number of aliphatic hydroxyl groups is 1. The number of carbonyl (C=O) groups excluding carboxylic acids is 1. The largest absolute Gasteiger partial charge is 0.497 e. The van der Waals surface area contributed by atoms with E-state index in [-0.39, 0.29) is 12.3 Å². The van der Waals surface area contributed by atoms with Crippen LogP contribution in [-0.2, 0) is 6.61 Å². The van der Waals surface area contributed by atoms with Gasteiger partial charge in [0.25, 0.3) is 0 Å². The van der Waals surface area contributed by atoms with Crippen LogP contribution in [0, 0.1) is 5.82 Å². The van der Waals surface area contributed by atoms with Crippen molar-refractivity contribution in [3.05, 3.63) is 53.8 Å². The third kappa shape index (κ3) is 3.93. The van der Waals surface area contributed by atoms with Crippen LogP contribution in [0.3, 0.4) is 0 Å². The normalized spacial score (nSPS) is 10.0. The van der Waals surface area contributed by atoms with Gasteiger partial charge in [-0.25, -0.2) is 9.18 Å². The van der Waals surface area contributed by atoms with Crippen molar-refractivity contribution >= 4 is 17.4 Å². The molecular weight excluding hydrogens is 275 g/mol. The Balaban J connectivity index is 2.10. The Morgan fingerprint density at radius 3 is 2.71 bits per heavy atom. The van der Waals surface area contributed by atoms with Gasteiger partial charge in [-0.1, -0.05) is 18.2 Å². The zero-order chi connectivity index (χ0) is 15.2. The molecule has 0 spiro atoms. The van der Waals surface area contributed by atoms with E-state index in [4.69, 9.17) is 4.74 Å². The molecule has 0 radical (unpaired) electrons. The molecule has 0 fully saturated rings. The minimum atomic E-state index is -0.538. The zero-order valence-electron chi connectivity index (χ0n) is 11.4. The molecule has 0 aliphatic carbocycles. The van der Waals surface area contributed by atoms with Gasteiger partial charge in [0.2, 0.25) is 0 Å². The van der Waals surface area contributed by atoms with E-state index < -0.39 is 11.8 Å². The average molecular weight is 290 g/mol. The number of methoxy groups -OCH3 is 1. The summed E-state index contributed by atoms with van der Waals surface area (Å²) in [5.74, 6) is -0.207. The molecule has 2 aromatic rings. The van der Waals surface area contributed by atoms with Gasteiger partial charge in [-0.2, -0.15) is 0 Å². The van der Waals surface area contributed by atoms with Crippen LogP contribution in [0.4, 0.5) is 20.6 Å². The Hall–Kier alpha value is -2.60. The molecule has 0 heterocycles. The van der Waals surface area contributed by atoms with Crippen LogP contribution >= 0.6 is 0 Å². The number of amides is 2. The van der Waals surface area contributed by atoms with E-state index in [2.05, 4.69) is 10.6 Å². The molecule has 0 aliphatic heterocycles. The Morgan fingerprint density at radius 2 is 2.00 bits per heavy atom. The lowest BCUT2D eigenvalue weighted by Crippen LogP contribution is -2.20. The summed E-state index contributed by atoms with van der Waals surface area (Å²) in [4.78, 5) is 11.9. The molecule has 0 saturated heterocycles. The predicted molar refractivity (Wildman–Crippen MR) is 78.0 cm³/mol. The maximum Gasteiger partial charge on any atom is 0.323 e. The number of aliphatic hydroxyl groups excluding tert-OH is 1. The summed E-state index contributed by atoms with van der Waals surface area (Å²) in [5, 5.41) is 14.3. The molecule has 0 unspecified atom stereocenters. The van der Waals surface area contributed by atoms with E-state index in [0.717, 1.165) is 0 Å². The number of rotatable bonds is 4. The van der Waals surface area contributed by atoms with Crippen LogP contribution in [0.15, 0.2) is 42.5 Å². The summed E-state index contributed by atoms with van der Waals surface area (Å²) < 4.78 is 18.3. The molecule has 21 heavy (non-hydrogen) atoms. The molecular formula is C15H15FN2O3. The molecule has 2 rings (SSSR count). The van der Waals surface area contributed by atoms with Gasteiger partial charge in [0.1, 0.15) is 11.6 Å². The molecule has 3 N–H and O–H groups in total. The van der Waals surface area contributed by atoms with Gasteiger partial charge >= 0.3 is 6.03 Å². The van der Waals surface area contributed by atoms with E-state index in [0.29, 0.717) is 17.0 Å². The second kappa shape index (κ2) is 6.71. The molecule has 5 nitrogen and oxygen atoms in total. The second-order valence-corrected chi connectivity index (χ2v) is 4.27. The summed E-state index contributed by atoms with van der Waals surface area (Å²) >= 11 is 0. The molecule has 0 bridgehead atoms. The summed E-state index contributed by atoms with van der Waals surface area (Å²) in [7, 11) is 1.41. The van der Waals surface area contributed by atoms with E-state index in [1.54, 1.807) is 24.3 Å². The molecule has 0 aromatic heterocycles. The third-order valence-electron chi connectivity index (χ3n) is 2.80. The van der Waals surface area contributed by atoms with Gasteiger partial charge in [0.05, 0.1) is 13.7 Å². The van der Waals surface area contributed by atoms with E-state index in [9.17, 15) is 14.3 Å². The van der Waals surface area contributed by atoms with E-state index in [1.807, 2.05) is 0 Å². The van der Waals surface area contributed by atoms with Gasteiger partial charge in [0.15, 0.2) is 0 Å². The third-order valence-corrected chi connectivity index (χ3v) is 2.80. The van der Waals surface area contributed by atoms with Crippen LogP contribution in [0.2, 0.25) is 0 Å². The van der Waals surface area contributed by atoms with Gasteiger partial charge in [-0.15, -0.1) is 0 Å². The Bertz CT molecular complexity index is 647. The number of ether oxygens (including phenoxy) is 1. The quantitative estimate of drug-likeness (QED) is 0.810. The highest BCUT2D eigenvalue weighted by atomic mass is 19.1. The molecule has 6 heteroatoms. The first-order chi connectivity index (χ1) is 10.1. The summed E-state index contributed by atoms with van der Waals surface area (Å²) in [6.45, 7) is -0.190. The molecule has 0 atom stereocenters. The molecule has 0 aliphatic rings. The first kappa shape index (κ1) is 14.8. The van der Waals surface area contributed by atoms with Crippen molar-refractivity contribution in [2.75, 3.05) is 17.7 Å². The Labute approximate surface area is 121 Å². The van der Waals surface area contributed by atoms with Crippen molar-refractivity contribution in [1.29, 1.82) is 0 Å². The number of carbonyl (C=O) groups is 1. The Kier molecular flexibility index (Phi) is 4.73. The van der Waals surface area contributed by atoms with Gasteiger partial charge < -0.3 is 20.5 Å².